The fourth-order valence-electron chi connectivity index (χ4n) is 8.04. The Labute approximate surface area is 391 Å². The van der Waals surface area contributed by atoms with E-state index in [9.17, 15) is 45.6 Å². The zero-order valence-corrected chi connectivity index (χ0v) is 40.0. The zero-order valence-electron chi connectivity index (χ0n) is 40.0. The molecule has 0 aromatic heterocycles. The van der Waals surface area contributed by atoms with E-state index >= 15 is 0 Å². The van der Waals surface area contributed by atoms with Crippen LogP contribution in [0.15, 0.2) is 48.6 Å². The van der Waals surface area contributed by atoms with E-state index in [2.05, 4.69) is 55.6 Å². The Morgan fingerprint density at radius 2 is 1.03 bits per heavy atom. The summed E-state index contributed by atoms with van der Waals surface area (Å²) in [7, 11) is 0. The van der Waals surface area contributed by atoms with Crippen molar-refractivity contribution in [2.24, 2.45) is 0 Å². The molecule has 65 heavy (non-hydrogen) atoms. The van der Waals surface area contributed by atoms with Gasteiger partial charge in [-0.3, -0.25) is 4.79 Å². The summed E-state index contributed by atoms with van der Waals surface area (Å²) in [5.41, 5.74) is 0. The van der Waals surface area contributed by atoms with Crippen molar-refractivity contribution in [1.29, 1.82) is 0 Å². The van der Waals surface area contributed by atoms with Crippen molar-refractivity contribution in [3.8, 4) is 0 Å². The first-order chi connectivity index (χ1) is 31.6. The second-order valence-corrected chi connectivity index (χ2v) is 17.9. The van der Waals surface area contributed by atoms with Crippen LogP contribution in [0.3, 0.4) is 0 Å². The number of allylic oxidation sites excluding steroid dienone is 7. The summed E-state index contributed by atoms with van der Waals surface area (Å²) in [5.74, 6) is -0.258. The summed E-state index contributed by atoms with van der Waals surface area (Å²) in [6.45, 7) is 2.70. The summed E-state index contributed by atoms with van der Waals surface area (Å²) in [6.07, 6.45) is 27.4. The predicted molar refractivity (Wildman–Crippen MR) is 254 cm³/mol. The Kier molecular flexibility index (Phi) is 34.4. The van der Waals surface area contributed by atoms with Crippen molar-refractivity contribution < 1.29 is 64.6 Å². The number of unbranched alkanes of at least 4 members (excludes halogenated alkanes) is 19. The molecule has 0 aromatic rings. The molecule has 0 saturated carbocycles. The second kappa shape index (κ2) is 37.9. The maximum absolute atomic E-state index is 13.1. The summed E-state index contributed by atoms with van der Waals surface area (Å²) in [4.78, 5) is 13.1. The average molecular weight is 926 g/mol. The van der Waals surface area contributed by atoms with Crippen LogP contribution in [0, 0.1) is 0 Å². The lowest BCUT2D eigenvalue weighted by Gasteiger charge is -2.46. The fraction of sp³-hybridized carbons (Fsp3) is 0.824. The van der Waals surface area contributed by atoms with Gasteiger partial charge in [-0.15, -0.1) is 0 Å². The fourth-order valence-corrected chi connectivity index (χ4v) is 8.04. The van der Waals surface area contributed by atoms with E-state index in [1.807, 2.05) is 6.08 Å². The van der Waals surface area contributed by atoms with Gasteiger partial charge in [0.15, 0.2) is 12.6 Å². The maximum Gasteiger partial charge on any atom is 0.220 e. The highest BCUT2D eigenvalue weighted by molar-refractivity contribution is 5.76. The number of rotatable bonds is 38. The van der Waals surface area contributed by atoms with Gasteiger partial charge >= 0.3 is 0 Å². The van der Waals surface area contributed by atoms with Crippen LogP contribution in [0.1, 0.15) is 174 Å². The highest BCUT2D eigenvalue weighted by atomic mass is 16.7. The quantitative estimate of drug-likeness (QED) is 0.0239. The van der Waals surface area contributed by atoms with E-state index in [1.165, 1.54) is 89.9 Å². The molecule has 2 rings (SSSR count). The molecule has 0 aromatic carbocycles. The molecule has 0 bridgehead atoms. The summed E-state index contributed by atoms with van der Waals surface area (Å²) in [5, 5.41) is 86.5. The van der Waals surface area contributed by atoms with Crippen molar-refractivity contribution in [3.05, 3.63) is 48.6 Å². The van der Waals surface area contributed by atoms with Gasteiger partial charge < -0.3 is 65.1 Å². The molecule has 0 radical (unpaired) electrons. The van der Waals surface area contributed by atoms with Crippen LogP contribution in [0.2, 0.25) is 0 Å². The lowest BCUT2D eigenvalue weighted by molar-refractivity contribution is -0.359. The van der Waals surface area contributed by atoms with Crippen LogP contribution in [-0.4, -0.2) is 140 Å². The molecule has 0 aliphatic carbocycles. The minimum atomic E-state index is -1.79. The number of aliphatic hydroxyl groups excluding tert-OH is 8. The number of nitrogens with one attached hydrogen (secondary N) is 1. The van der Waals surface area contributed by atoms with Gasteiger partial charge in [-0.1, -0.05) is 152 Å². The summed E-state index contributed by atoms with van der Waals surface area (Å²) < 4.78 is 22.6. The molecule has 0 spiro atoms. The van der Waals surface area contributed by atoms with Gasteiger partial charge in [-0.2, -0.15) is 0 Å². The monoisotopic (exact) mass is 926 g/mol. The number of amides is 1. The molecule has 12 unspecified atom stereocenters. The van der Waals surface area contributed by atoms with Crippen LogP contribution in [-0.2, 0) is 23.7 Å². The minimum absolute atomic E-state index is 0.258. The number of hydrogen-bond acceptors (Lipinski definition) is 13. The van der Waals surface area contributed by atoms with Crippen LogP contribution in [0.5, 0.6) is 0 Å². The van der Waals surface area contributed by atoms with Crippen molar-refractivity contribution >= 4 is 5.91 Å². The lowest BCUT2D eigenvalue weighted by atomic mass is 9.97. The Morgan fingerprint density at radius 1 is 0.554 bits per heavy atom. The van der Waals surface area contributed by atoms with Crippen LogP contribution >= 0.6 is 0 Å². The first-order valence-electron chi connectivity index (χ1n) is 25.4. The standard InChI is InChI=1S/C51H91NO13/c1-3-5-7-9-11-13-15-16-17-18-19-20-21-22-23-24-25-27-29-31-33-35-43(56)52-39(40(55)34-32-30-28-26-14-12-10-8-6-4-2)38-62-50-48(61)46(59)49(42(37-54)64-50)65-51-47(60)45(58)44(57)41(36-53)63-51/h14-16,18-19,26,32,34,39-42,44-51,53-55,57-61H,3-13,17,20-25,27-31,33,35-38H2,1-2H3,(H,52,56)/b16-15-,19-18-,26-14+,34-32+. The topological polar surface area (TPSA) is 228 Å². The Morgan fingerprint density at radius 3 is 1.62 bits per heavy atom. The van der Waals surface area contributed by atoms with E-state index in [4.69, 9.17) is 18.9 Å². The average Bonchev–Trinajstić information content (AvgIpc) is 3.30. The normalized spacial score (nSPS) is 27.4. The Balaban J connectivity index is 1.80. The van der Waals surface area contributed by atoms with Gasteiger partial charge in [0, 0.05) is 6.42 Å². The van der Waals surface area contributed by atoms with Gasteiger partial charge in [-0.05, 0) is 64.2 Å². The molecule has 378 valence electrons. The number of hydrogen-bond donors (Lipinski definition) is 9. The highest BCUT2D eigenvalue weighted by Gasteiger charge is 2.51. The Hall–Kier alpha value is -2.05. The van der Waals surface area contributed by atoms with Gasteiger partial charge in [-0.25, -0.2) is 0 Å². The third kappa shape index (κ3) is 25.2. The van der Waals surface area contributed by atoms with E-state index in [0.29, 0.717) is 12.8 Å². The molecule has 2 aliphatic rings. The van der Waals surface area contributed by atoms with Crippen molar-refractivity contribution in [2.45, 2.75) is 248 Å². The van der Waals surface area contributed by atoms with Gasteiger partial charge in [0.1, 0.15) is 48.8 Å². The van der Waals surface area contributed by atoms with Crippen molar-refractivity contribution in [1.82, 2.24) is 5.32 Å². The first kappa shape index (κ1) is 59.1. The van der Waals surface area contributed by atoms with Crippen LogP contribution in [0.4, 0.5) is 0 Å². The summed E-state index contributed by atoms with van der Waals surface area (Å²) in [6, 6.07) is -0.932. The zero-order chi connectivity index (χ0) is 47.5. The molecule has 1 amide bonds. The predicted octanol–water partition coefficient (Wildman–Crippen LogP) is 6.49. The molecule has 14 heteroatoms. The van der Waals surface area contributed by atoms with E-state index in [-0.39, 0.29) is 18.9 Å². The van der Waals surface area contributed by atoms with E-state index in [1.54, 1.807) is 6.08 Å². The van der Waals surface area contributed by atoms with Gasteiger partial charge in [0.25, 0.3) is 0 Å². The van der Waals surface area contributed by atoms with E-state index in [0.717, 1.165) is 51.4 Å². The number of aliphatic hydroxyl groups is 8. The largest absolute Gasteiger partial charge is 0.394 e. The SMILES string of the molecule is CCCCCC/C=C/CC/C=C/C(O)C(COC1OC(CO)C(OC2OC(CO)C(O)C(O)C2O)C(O)C1O)NC(=O)CCCCCCCCCCC/C=C\C/C=C\CCCCCCC. The molecule has 9 N–H and O–H groups in total. The van der Waals surface area contributed by atoms with Gasteiger partial charge in [0.05, 0.1) is 32.0 Å². The third-order valence-corrected chi connectivity index (χ3v) is 12.2. The van der Waals surface area contributed by atoms with Crippen LogP contribution < -0.4 is 5.32 Å². The maximum atomic E-state index is 13.1. The molecule has 12 atom stereocenters. The molecule has 2 fully saturated rings. The second-order valence-electron chi connectivity index (χ2n) is 17.9. The van der Waals surface area contributed by atoms with Crippen molar-refractivity contribution in [2.75, 3.05) is 19.8 Å². The Bertz CT molecular complexity index is 1280. The lowest BCUT2D eigenvalue weighted by Crippen LogP contribution is -2.65. The highest BCUT2D eigenvalue weighted by Crippen LogP contribution is 2.30. The van der Waals surface area contributed by atoms with Crippen LogP contribution in [0.25, 0.3) is 0 Å². The molecular weight excluding hydrogens is 835 g/mol. The number of carbonyl (C=O) groups is 1. The minimum Gasteiger partial charge on any atom is -0.394 e. The number of carbonyl (C=O) groups excluding carboxylic acids is 1. The van der Waals surface area contributed by atoms with E-state index < -0.39 is 86.8 Å². The van der Waals surface area contributed by atoms with Gasteiger partial charge in [0.2, 0.25) is 5.91 Å². The molecule has 2 heterocycles. The molecular formula is C51H91NO13. The first-order valence-corrected chi connectivity index (χ1v) is 25.4. The smallest absolute Gasteiger partial charge is 0.220 e. The summed E-state index contributed by atoms with van der Waals surface area (Å²) >= 11 is 0. The molecule has 2 aliphatic heterocycles. The third-order valence-electron chi connectivity index (χ3n) is 12.2. The molecule has 2 saturated heterocycles. The number of ether oxygens (including phenoxy) is 4. The molecule has 14 nitrogen and oxygen atoms in total. The van der Waals surface area contributed by atoms with Crippen molar-refractivity contribution in [3.63, 3.8) is 0 Å².